The van der Waals surface area contributed by atoms with Crippen LogP contribution in [0.15, 0.2) is 66.8 Å². The highest BCUT2D eigenvalue weighted by molar-refractivity contribution is 5.39. The molecule has 0 aliphatic heterocycles. The zero-order valence-corrected chi connectivity index (χ0v) is 11.0. The molecule has 0 amide bonds. The summed E-state index contributed by atoms with van der Waals surface area (Å²) in [7, 11) is 0. The van der Waals surface area contributed by atoms with Crippen LogP contribution in [0.1, 0.15) is 25.3 Å². The molecule has 1 aromatic carbocycles. The molecule has 0 nitrogen and oxygen atoms in total. The second kappa shape index (κ2) is 4.28. The van der Waals surface area contributed by atoms with E-state index < -0.39 is 0 Å². The normalized spacial score (nSPS) is 33.4. The molecule has 0 N–H and O–H groups in total. The van der Waals surface area contributed by atoms with E-state index in [2.05, 4.69) is 68.1 Å². The van der Waals surface area contributed by atoms with E-state index in [1.807, 2.05) is 0 Å². The van der Waals surface area contributed by atoms with E-state index in [-0.39, 0.29) is 0 Å². The molecule has 3 atom stereocenters. The van der Waals surface area contributed by atoms with Gasteiger partial charge in [-0.3, -0.25) is 0 Å². The van der Waals surface area contributed by atoms with Crippen molar-refractivity contribution in [2.24, 2.45) is 11.8 Å². The first-order chi connectivity index (χ1) is 8.72. The van der Waals surface area contributed by atoms with Gasteiger partial charge in [-0.2, -0.15) is 0 Å². The van der Waals surface area contributed by atoms with Crippen LogP contribution < -0.4 is 0 Å². The highest BCUT2D eigenvalue weighted by Gasteiger charge is 2.52. The van der Waals surface area contributed by atoms with Crippen molar-refractivity contribution >= 4 is 0 Å². The van der Waals surface area contributed by atoms with Crippen LogP contribution >= 0.6 is 0 Å². The molecule has 2 aliphatic rings. The van der Waals surface area contributed by atoms with E-state index in [4.69, 9.17) is 0 Å². The molecule has 0 heterocycles. The maximum atomic E-state index is 4.38. The number of rotatable bonds is 3. The Labute approximate surface area is 110 Å². The quantitative estimate of drug-likeness (QED) is 0.670. The maximum absolute atomic E-state index is 4.38. The summed E-state index contributed by atoms with van der Waals surface area (Å²) < 4.78 is 0. The van der Waals surface area contributed by atoms with Crippen molar-refractivity contribution in [3.63, 3.8) is 0 Å². The van der Waals surface area contributed by atoms with Crippen molar-refractivity contribution < 1.29 is 0 Å². The molecule has 0 radical (unpaired) electrons. The van der Waals surface area contributed by atoms with Crippen molar-refractivity contribution in [1.29, 1.82) is 0 Å². The van der Waals surface area contributed by atoms with Crippen molar-refractivity contribution in [2.45, 2.75) is 25.2 Å². The van der Waals surface area contributed by atoms with Crippen molar-refractivity contribution in [2.75, 3.05) is 0 Å². The fraction of sp³-hybridized carbons (Fsp3) is 0.333. The Morgan fingerprint density at radius 3 is 2.67 bits per heavy atom. The van der Waals surface area contributed by atoms with Gasteiger partial charge in [0, 0.05) is 5.92 Å². The third-order valence-electron chi connectivity index (χ3n) is 4.57. The van der Waals surface area contributed by atoms with E-state index >= 15 is 0 Å². The Morgan fingerprint density at radius 2 is 2.00 bits per heavy atom. The van der Waals surface area contributed by atoms with Crippen molar-refractivity contribution in [3.05, 3.63) is 72.4 Å². The Bertz CT molecular complexity index is 506. The fourth-order valence-electron chi connectivity index (χ4n) is 3.16. The van der Waals surface area contributed by atoms with Crippen LogP contribution in [-0.4, -0.2) is 0 Å². The summed E-state index contributed by atoms with van der Waals surface area (Å²) >= 11 is 0. The highest BCUT2D eigenvalue weighted by Crippen LogP contribution is 2.58. The predicted octanol–water partition coefficient (Wildman–Crippen LogP) is 4.65. The smallest absolute Gasteiger partial charge is 0.00149 e. The zero-order valence-electron chi connectivity index (χ0n) is 11.0. The molecule has 0 spiro atoms. The number of allylic oxidation sites excluding steroid dienone is 5. The van der Waals surface area contributed by atoms with E-state index in [9.17, 15) is 0 Å². The molecule has 92 valence electrons. The van der Waals surface area contributed by atoms with Crippen molar-refractivity contribution in [1.82, 2.24) is 0 Å². The maximum Gasteiger partial charge on any atom is 0.00149 e. The Balaban J connectivity index is 1.75. The van der Waals surface area contributed by atoms with Gasteiger partial charge < -0.3 is 0 Å². The predicted molar refractivity (Wildman–Crippen MR) is 77.4 cm³/mol. The van der Waals surface area contributed by atoms with Crippen molar-refractivity contribution in [3.8, 4) is 0 Å². The molecule has 0 aromatic heterocycles. The van der Waals surface area contributed by atoms with Crippen LogP contribution in [0, 0.1) is 11.8 Å². The minimum atomic E-state index is 0.327. The summed E-state index contributed by atoms with van der Waals surface area (Å²) in [5.74, 6) is 1.20. The third-order valence-corrected chi connectivity index (χ3v) is 4.57. The van der Waals surface area contributed by atoms with Gasteiger partial charge in [0.25, 0.3) is 0 Å². The van der Waals surface area contributed by atoms with E-state index in [1.165, 1.54) is 17.6 Å². The highest BCUT2D eigenvalue weighted by atomic mass is 14.6. The van der Waals surface area contributed by atoms with Crippen LogP contribution in [0.5, 0.6) is 0 Å². The number of hydrogen-bond acceptors (Lipinski definition) is 0. The lowest BCUT2D eigenvalue weighted by atomic mass is 9.85. The second-order valence-electron chi connectivity index (χ2n) is 5.77. The average molecular weight is 236 g/mol. The molecule has 18 heavy (non-hydrogen) atoms. The van der Waals surface area contributed by atoms with Crippen LogP contribution in [-0.2, 0) is 5.41 Å². The minimum absolute atomic E-state index is 0.327. The summed E-state index contributed by atoms with van der Waals surface area (Å²) in [5, 5.41) is 0. The van der Waals surface area contributed by atoms with E-state index in [0.717, 1.165) is 6.42 Å². The van der Waals surface area contributed by atoms with Crippen LogP contribution in [0.4, 0.5) is 0 Å². The molecule has 2 aliphatic carbocycles. The number of hydrogen-bond donors (Lipinski definition) is 0. The van der Waals surface area contributed by atoms with Gasteiger partial charge in [-0.25, -0.2) is 0 Å². The first kappa shape index (κ1) is 11.5. The van der Waals surface area contributed by atoms with Crippen LogP contribution in [0.2, 0.25) is 0 Å². The van der Waals surface area contributed by atoms with Gasteiger partial charge in [0.05, 0.1) is 0 Å². The van der Waals surface area contributed by atoms with Gasteiger partial charge in [0.1, 0.15) is 0 Å². The molecule has 0 bridgehead atoms. The summed E-state index contributed by atoms with van der Waals surface area (Å²) in [5.41, 5.74) is 3.21. The molecule has 0 heteroatoms. The molecule has 1 saturated carbocycles. The zero-order chi connectivity index (χ0) is 12.6. The lowest BCUT2D eigenvalue weighted by molar-refractivity contribution is 0.643. The molecule has 0 saturated heterocycles. The fourth-order valence-corrected chi connectivity index (χ4v) is 3.16. The van der Waals surface area contributed by atoms with E-state index in [0.29, 0.717) is 17.3 Å². The first-order valence-electron chi connectivity index (χ1n) is 6.79. The SMILES string of the molecule is C=C(C1C=CC=CC1)C1CC1(C)c1ccccc1. The largest absolute Gasteiger partial charge is 0.0989 e. The Kier molecular flexibility index (Phi) is 2.74. The third kappa shape index (κ3) is 1.86. The molecular formula is C18H20. The first-order valence-corrected chi connectivity index (χ1v) is 6.79. The average Bonchev–Trinajstić information content (AvgIpc) is 3.14. The summed E-state index contributed by atoms with van der Waals surface area (Å²) in [6.07, 6.45) is 11.2. The van der Waals surface area contributed by atoms with Gasteiger partial charge in [-0.15, -0.1) is 0 Å². The summed E-state index contributed by atoms with van der Waals surface area (Å²) in [6, 6.07) is 10.9. The molecule has 1 aromatic rings. The van der Waals surface area contributed by atoms with Gasteiger partial charge in [-0.1, -0.05) is 73.7 Å². The molecular weight excluding hydrogens is 216 g/mol. The topological polar surface area (TPSA) is 0 Å². The standard InChI is InChI=1S/C18H20/c1-14(15-9-5-3-6-10-15)17-13-18(17,2)16-11-7-4-8-12-16/h3-9,11-12,15,17H,1,10,13H2,2H3. The van der Waals surface area contributed by atoms with Gasteiger partial charge in [0.2, 0.25) is 0 Å². The van der Waals surface area contributed by atoms with Gasteiger partial charge in [0.15, 0.2) is 0 Å². The Morgan fingerprint density at radius 1 is 1.22 bits per heavy atom. The lowest BCUT2D eigenvalue weighted by Crippen LogP contribution is -2.10. The summed E-state index contributed by atoms with van der Waals surface area (Å²) in [6.45, 7) is 6.75. The lowest BCUT2D eigenvalue weighted by Gasteiger charge is -2.19. The van der Waals surface area contributed by atoms with Gasteiger partial charge in [-0.05, 0) is 29.7 Å². The van der Waals surface area contributed by atoms with Gasteiger partial charge >= 0.3 is 0 Å². The molecule has 3 unspecified atom stereocenters. The molecule has 3 rings (SSSR count). The van der Waals surface area contributed by atoms with E-state index in [1.54, 1.807) is 0 Å². The van der Waals surface area contributed by atoms with Crippen LogP contribution in [0.25, 0.3) is 0 Å². The number of benzene rings is 1. The second-order valence-corrected chi connectivity index (χ2v) is 5.77. The molecule has 1 fully saturated rings. The Hall–Kier alpha value is -1.56. The van der Waals surface area contributed by atoms with Crippen LogP contribution in [0.3, 0.4) is 0 Å². The minimum Gasteiger partial charge on any atom is -0.0989 e. The summed E-state index contributed by atoms with van der Waals surface area (Å²) in [4.78, 5) is 0. The monoisotopic (exact) mass is 236 g/mol.